The van der Waals surface area contributed by atoms with Crippen LogP contribution >= 0.6 is 11.3 Å². The summed E-state index contributed by atoms with van der Waals surface area (Å²) in [6, 6.07) is 11.6. The number of aromatic nitrogens is 1. The number of amides is 1. The van der Waals surface area contributed by atoms with Crippen LogP contribution in [-0.2, 0) is 0 Å². The molecule has 3 rings (SSSR count). The van der Waals surface area contributed by atoms with E-state index in [1.54, 1.807) is 23.6 Å². The number of thiazole rings is 1. The van der Waals surface area contributed by atoms with Crippen molar-refractivity contribution in [3.8, 4) is 11.3 Å². The first-order valence-electron chi connectivity index (χ1n) is 6.81. The molecule has 0 aliphatic heterocycles. The molecule has 6 nitrogen and oxygen atoms in total. The van der Waals surface area contributed by atoms with E-state index in [-0.39, 0.29) is 22.2 Å². The van der Waals surface area contributed by atoms with Crippen molar-refractivity contribution in [1.29, 1.82) is 0 Å². The zero-order chi connectivity index (χ0) is 17.1. The Labute approximate surface area is 139 Å². The summed E-state index contributed by atoms with van der Waals surface area (Å²) < 4.78 is 13.3. The van der Waals surface area contributed by atoms with E-state index < -0.39 is 10.8 Å². The van der Waals surface area contributed by atoms with Crippen LogP contribution in [0.2, 0.25) is 0 Å². The van der Waals surface area contributed by atoms with Gasteiger partial charge in [-0.25, -0.2) is 9.37 Å². The maximum absolute atomic E-state index is 13.3. The lowest BCUT2D eigenvalue weighted by Crippen LogP contribution is -2.13. The highest BCUT2D eigenvalue weighted by Crippen LogP contribution is 2.26. The summed E-state index contributed by atoms with van der Waals surface area (Å²) in [5.74, 6) is -1.01. The van der Waals surface area contributed by atoms with Gasteiger partial charge in [0.05, 0.1) is 10.6 Å². The van der Waals surface area contributed by atoms with Gasteiger partial charge in [0.15, 0.2) is 5.13 Å². The molecule has 0 atom stereocenters. The van der Waals surface area contributed by atoms with Crippen molar-refractivity contribution < 1.29 is 14.1 Å². The van der Waals surface area contributed by atoms with Gasteiger partial charge >= 0.3 is 0 Å². The first kappa shape index (κ1) is 15.8. The minimum Gasteiger partial charge on any atom is -0.298 e. The smallest absolute Gasteiger partial charge is 0.282 e. The van der Waals surface area contributed by atoms with Crippen LogP contribution in [0.15, 0.2) is 53.9 Å². The summed E-state index contributed by atoms with van der Waals surface area (Å²) in [7, 11) is 0. The number of hydrogen-bond acceptors (Lipinski definition) is 5. The van der Waals surface area contributed by atoms with Gasteiger partial charge in [-0.15, -0.1) is 11.3 Å². The third-order valence-electron chi connectivity index (χ3n) is 3.19. The van der Waals surface area contributed by atoms with E-state index >= 15 is 0 Å². The number of para-hydroxylation sites is 1. The zero-order valence-electron chi connectivity index (χ0n) is 12.1. The third kappa shape index (κ3) is 3.28. The number of nitro benzene ring substituents is 1. The average molecular weight is 343 g/mol. The molecule has 1 N–H and O–H groups in total. The maximum Gasteiger partial charge on any atom is 0.282 e. The van der Waals surface area contributed by atoms with E-state index in [9.17, 15) is 19.3 Å². The quantitative estimate of drug-likeness (QED) is 0.570. The summed E-state index contributed by atoms with van der Waals surface area (Å²) in [4.78, 5) is 26.8. The molecule has 120 valence electrons. The van der Waals surface area contributed by atoms with Crippen LogP contribution in [0.5, 0.6) is 0 Å². The number of nitro groups is 1. The Morgan fingerprint density at radius 1 is 1.21 bits per heavy atom. The number of rotatable bonds is 4. The SMILES string of the molecule is O=C(Nc1nc(-c2cccc(F)c2)cs1)c1ccccc1[N+](=O)[O-]. The fraction of sp³-hybridized carbons (Fsp3) is 0. The molecule has 0 saturated carbocycles. The Morgan fingerprint density at radius 3 is 2.75 bits per heavy atom. The van der Waals surface area contributed by atoms with E-state index in [1.165, 1.54) is 30.3 Å². The van der Waals surface area contributed by atoms with Crippen LogP contribution in [0.1, 0.15) is 10.4 Å². The van der Waals surface area contributed by atoms with E-state index in [1.807, 2.05) is 0 Å². The number of nitrogens with zero attached hydrogens (tertiary/aromatic N) is 2. The molecule has 1 aromatic heterocycles. The van der Waals surface area contributed by atoms with Crippen LogP contribution in [-0.4, -0.2) is 15.8 Å². The zero-order valence-corrected chi connectivity index (χ0v) is 12.9. The van der Waals surface area contributed by atoms with Crippen LogP contribution in [0.4, 0.5) is 15.2 Å². The lowest BCUT2D eigenvalue weighted by molar-refractivity contribution is -0.385. The summed E-state index contributed by atoms with van der Waals surface area (Å²) in [5, 5.41) is 15.5. The second kappa shape index (κ2) is 6.55. The number of hydrogen-bond donors (Lipinski definition) is 1. The highest BCUT2D eigenvalue weighted by atomic mass is 32.1. The summed E-state index contributed by atoms with van der Waals surface area (Å²) in [6.07, 6.45) is 0. The molecule has 1 heterocycles. The minimum atomic E-state index is -0.623. The molecule has 0 aliphatic rings. The number of carbonyl (C=O) groups is 1. The third-order valence-corrected chi connectivity index (χ3v) is 3.95. The summed E-state index contributed by atoms with van der Waals surface area (Å²) in [6.45, 7) is 0. The standard InChI is InChI=1S/C16H10FN3O3S/c17-11-5-3-4-10(8-11)13-9-24-16(18-13)19-15(21)12-6-1-2-7-14(12)20(22)23/h1-9H,(H,18,19,21). The van der Waals surface area contributed by atoms with E-state index in [2.05, 4.69) is 10.3 Å². The fourth-order valence-electron chi connectivity index (χ4n) is 2.10. The van der Waals surface area contributed by atoms with Crippen LogP contribution in [0, 0.1) is 15.9 Å². The molecule has 24 heavy (non-hydrogen) atoms. The van der Waals surface area contributed by atoms with Gasteiger partial charge < -0.3 is 0 Å². The molecule has 0 bridgehead atoms. The Hall–Kier alpha value is -3.13. The number of carbonyl (C=O) groups excluding carboxylic acids is 1. The largest absolute Gasteiger partial charge is 0.298 e. The van der Waals surface area contributed by atoms with Gasteiger partial charge in [-0.3, -0.25) is 20.2 Å². The lowest BCUT2D eigenvalue weighted by atomic mass is 10.1. The molecule has 0 saturated heterocycles. The highest BCUT2D eigenvalue weighted by molar-refractivity contribution is 7.14. The first-order chi connectivity index (χ1) is 11.5. The normalized spacial score (nSPS) is 10.4. The monoisotopic (exact) mass is 343 g/mol. The van der Waals surface area contributed by atoms with Gasteiger partial charge in [0.25, 0.3) is 11.6 Å². The van der Waals surface area contributed by atoms with Gasteiger partial charge in [0.1, 0.15) is 11.4 Å². The highest BCUT2D eigenvalue weighted by Gasteiger charge is 2.20. The number of anilines is 1. The molecule has 3 aromatic rings. The Balaban J connectivity index is 1.83. The van der Waals surface area contributed by atoms with Crippen molar-refractivity contribution in [3.63, 3.8) is 0 Å². The Morgan fingerprint density at radius 2 is 2.00 bits per heavy atom. The Bertz CT molecular complexity index is 926. The lowest BCUT2D eigenvalue weighted by Gasteiger charge is -2.02. The van der Waals surface area contributed by atoms with E-state index in [0.717, 1.165) is 11.3 Å². The van der Waals surface area contributed by atoms with Gasteiger partial charge in [-0.05, 0) is 18.2 Å². The van der Waals surface area contributed by atoms with Crippen LogP contribution in [0.25, 0.3) is 11.3 Å². The van der Waals surface area contributed by atoms with Crippen molar-refractivity contribution in [1.82, 2.24) is 4.98 Å². The average Bonchev–Trinajstić information content (AvgIpc) is 3.03. The number of nitrogens with one attached hydrogen (secondary N) is 1. The molecule has 1 amide bonds. The molecule has 0 fully saturated rings. The Kier molecular flexibility index (Phi) is 4.30. The molecular weight excluding hydrogens is 333 g/mol. The molecule has 0 radical (unpaired) electrons. The van der Waals surface area contributed by atoms with Gasteiger partial charge in [0.2, 0.25) is 0 Å². The summed E-state index contributed by atoms with van der Waals surface area (Å²) >= 11 is 1.15. The second-order valence-corrected chi connectivity index (χ2v) is 5.63. The summed E-state index contributed by atoms with van der Waals surface area (Å²) in [5.41, 5.74) is 0.761. The predicted octanol–water partition coefficient (Wildman–Crippen LogP) is 4.11. The van der Waals surface area contributed by atoms with Gasteiger partial charge in [0, 0.05) is 17.0 Å². The topological polar surface area (TPSA) is 85.1 Å². The van der Waals surface area contributed by atoms with Gasteiger partial charge in [-0.1, -0.05) is 24.3 Å². The molecule has 0 unspecified atom stereocenters. The van der Waals surface area contributed by atoms with Crippen molar-refractivity contribution in [2.45, 2.75) is 0 Å². The molecule has 0 aliphatic carbocycles. The molecule has 2 aromatic carbocycles. The predicted molar refractivity (Wildman–Crippen MR) is 88.6 cm³/mol. The van der Waals surface area contributed by atoms with Crippen LogP contribution < -0.4 is 5.32 Å². The second-order valence-electron chi connectivity index (χ2n) is 4.78. The van der Waals surface area contributed by atoms with E-state index in [4.69, 9.17) is 0 Å². The molecule has 8 heteroatoms. The molecular formula is C16H10FN3O3S. The van der Waals surface area contributed by atoms with Crippen LogP contribution in [0.3, 0.4) is 0 Å². The fourth-order valence-corrected chi connectivity index (χ4v) is 2.82. The first-order valence-corrected chi connectivity index (χ1v) is 7.69. The van der Waals surface area contributed by atoms with Crippen molar-refractivity contribution in [2.24, 2.45) is 0 Å². The van der Waals surface area contributed by atoms with Gasteiger partial charge in [-0.2, -0.15) is 0 Å². The van der Waals surface area contributed by atoms with Crippen molar-refractivity contribution >= 4 is 28.1 Å². The maximum atomic E-state index is 13.3. The van der Waals surface area contributed by atoms with Crippen molar-refractivity contribution in [2.75, 3.05) is 5.32 Å². The number of halogens is 1. The molecule has 0 spiro atoms. The number of benzene rings is 2. The van der Waals surface area contributed by atoms with E-state index in [0.29, 0.717) is 11.3 Å². The van der Waals surface area contributed by atoms with Crippen molar-refractivity contribution in [3.05, 3.63) is 75.4 Å². The minimum absolute atomic E-state index is 0.0509.